The molecule has 3 rings (SSSR count). The number of nitrogens with two attached hydrogens (primary N) is 1. The first-order valence-electron chi connectivity index (χ1n) is 9.79. The number of nitrogens with one attached hydrogen (secondary N) is 1. The molecule has 0 radical (unpaired) electrons. The van der Waals surface area contributed by atoms with Crippen LogP contribution < -0.4 is 15.8 Å². The van der Waals surface area contributed by atoms with Crippen LogP contribution in [0.2, 0.25) is 0 Å². The molecule has 0 bridgehead atoms. The Morgan fingerprint density at radius 1 is 1.29 bits per heavy atom. The predicted molar refractivity (Wildman–Crippen MR) is 112 cm³/mol. The lowest BCUT2D eigenvalue weighted by Crippen LogP contribution is -2.40. The van der Waals surface area contributed by atoms with Crippen LogP contribution in [-0.2, 0) is 16.6 Å². The summed E-state index contributed by atoms with van der Waals surface area (Å²) in [7, 11) is 1.72. The highest BCUT2D eigenvalue weighted by Crippen LogP contribution is 2.40. The van der Waals surface area contributed by atoms with E-state index in [0.29, 0.717) is 19.0 Å². The van der Waals surface area contributed by atoms with Crippen LogP contribution in [0.5, 0.6) is 5.75 Å². The van der Waals surface area contributed by atoms with E-state index in [2.05, 4.69) is 34.3 Å². The lowest BCUT2D eigenvalue weighted by atomic mass is 9.73. The molecule has 1 saturated heterocycles. The third-order valence-electron chi connectivity index (χ3n) is 5.34. The molecule has 2 aromatic rings. The lowest BCUT2D eigenvalue weighted by molar-refractivity contribution is 0.0522. The average Bonchev–Trinajstić information content (AvgIpc) is 2.74. The molecule has 1 aliphatic rings. The van der Waals surface area contributed by atoms with Crippen molar-refractivity contribution in [3.05, 3.63) is 59.4 Å². The van der Waals surface area contributed by atoms with Gasteiger partial charge in [-0.15, -0.1) is 0 Å². The van der Waals surface area contributed by atoms with Crippen molar-refractivity contribution in [3.8, 4) is 5.75 Å². The Morgan fingerprint density at radius 3 is 2.82 bits per heavy atom. The van der Waals surface area contributed by atoms with E-state index in [0.717, 1.165) is 43.9 Å². The molecule has 28 heavy (non-hydrogen) atoms. The molecule has 1 aliphatic heterocycles. The first-order valence-corrected chi connectivity index (χ1v) is 9.79. The summed E-state index contributed by atoms with van der Waals surface area (Å²) in [5, 5.41) is 3.20. The second-order valence-electron chi connectivity index (χ2n) is 7.30. The van der Waals surface area contributed by atoms with Gasteiger partial charge < -0.3 is 20.5 Å². The maximum Gasteiger partial charge on any atom is 0.188 e. The molecule has 6 heteroatoms. The fourth-order valence-corrected chi connectivity index (χ4v) is 3.67. The van der Waals surface area contributed by atoms with Gasteiger partial charge >= 0.3 is 0 Å². The Labute approximate surface area is 167 Å². The van der Waals surface area contributed by atoms with Crippen molar-refractivity contribution in [3.63, 3.8) is 0 Å². The minimum Gasteiger partial charge on any atom is -0.496 e. The number of aromatic nitrogens is 1. The van der Waals surface area contributed by atoms with Gasteiger partial charge in [0.05, 0.1) is 13.7 Å². The third-order valence-corrected chi connectivity index (χ3v) is 5.34. The van der Waals surface area contributed by atoms with Crippen LogP contribution in [-0.4, -0.2) is 44.4 Å². The Morgan fingerprint density at radius 2 is 2.11 bits per heavy atom. The Hall–Kier alpha value is -2.60. The quantitative estimate of drug-likeness (QED) is 0.568. The van der Waals surface area contributed by atoms with E-state index < -0.39 is 0 Å². The Balaban J connectivity index is 1.70. The number of hydrogen-bond acceptors (Lipinski definition) is 4. The zero-order chi connectivity index (χ0) is 19.8. The number of rotatable bonds is 7. The summed E-state index contributed by atoms with van der Waals surface area (Å²) in [5.41, 5.74) is 9.47. The number of aryl methyl sites for hydroxylation is 1. The van der Waals surface area contributed by atoms with Gasteiger partial charge in [-0.2, -0.15) is 0 Å². The molecule has 3 N–H and O–H groups in total. The first kappa shape index (κ1) is 20.1. The summed E-state index contributed by atoms with van der Waals surface area (Å²) in [6, 6.07) is 12.2. The Kier molecular flexibility index (Phi) is 6.87. The highest BCUT2D eigenvalue weighted by atomic mass is 16.5. The first-order chi connectivity index (χ1) is 13.6. The van der Waals surface area contributed by atoms with Crippen LogP contribution in [0.25, 0.3) is 0 Å². The molecule has 1 aromatic heterocycles. The molecule has 0 spiro atoms. The molecular weight excluding hydrogens is 352 g/mol. The van der Waals surface area contributed by atoms with Crippen molar-refractivity contribution >= 4 is 5.96 Å². The van der Waals surface area contributed by atoms with Crippen LogP contribution in [0.4, 0.5) is 0 Å². The van der Waals surface area contributed by atoms with E-state index in [1.807, 2.05) is 24.3 Å². The zero-order valence-electron chi connectivity index (χ0n) is 16.8. The monoisotopic (exact) mass is 382 g/mol. The molecule has 1 aromatic carbocycles. The second kappa shape index (κ2) is 9.55. The van der Waals surface area contributed by atoms with Gasteiger partial charge in [0.2, 0.25) is 0 Å². The fourth-order valence-electron chi connectivity index (χ4n) is 3.67. The molecule has 0 aliphatic carbocycles. The summed E-state index contributed by atoms with van der Waals surface area (Å²) in [4.78, 5) is 9.01. The van der Waals surface area contributed by atoms with E-state index in [9.17, 15) is 0 Å². The molecule has 0 saturated carbocycles. The van der Waals surface area contributed by atoms with Gasteiger partial charge in [0.1, 0.15) is 5.75 Å². The second-order valence-corrected chi connectivity index (χ2v) is 7.30. The van der Waals surface area contributed by atoms with Crippen molar-refractivity contribution in [1.82, 2.24) is 10.3 Å². The fraction of sp³-hybridized carbons (Fsp3) is 0.455. The van der Waals surface area contributed by atoms with E-state index in [-0.39, 0.29) is 5.41 Å². The highest BCUT2D eigenvalue weighted by Gasteiger charge is 2.37. The minimum absolute atomic E-state index is 0.122. The van der Waals surface area contributed by atoms with Gasteiger partial charge in [0, 0.05) is 49.0 Å². The van der Waals surface area contributed by atoms with Crippen molar-refractivity contribution < 1.29 is 9.47 Å². The molecule has 6 nitrogen and oxygen atoms in total. The number of guanidine groups is 1. The van der Waals surface area contributed by atoms with Crippen molar-refractivity contribution in [2.24, 2.45) is 10.7 Å². The normalized spacial score (nSPS) is 16.6. The van der Waals surface area contributed by atoms with Crippen LogP contribution in [0.3, 0.4) is 0 Å². The summed E-state index contributed by atoms with van der Waals surface area (Å²) in [5.74, 6) is 1.37. The molecule has 0 amide bonds. The van der Waals surface area contributed by atoms with Gasteiger partial charge in [-0.3, -0.25) is 9.98 Å². The lowest BCUT2D eigenvalue weighted by Gasteiger charge is -2.37. The van der Waals surface area contributed by atoms with Gasteiger partial charge in [-0.05, 0) is 38.0 Å². The van der Waals surface area contributed by atoms with Gasteiger partial charge in [0.25, 0.3) is 0 Å². The molecule has 0 atom stereocenters. The molecule has 2 heterocycles. The number of nitrogens with zero attached hydrogens (tertiary/aromatic N) is 2. The summed E-state index contributed by atoms with van der Waals surface area (Å²) >= 11 is 0. The summed E-state index contributed by atoms with van der Waals surface area (Å²) < 4.78 is 11.3. The van der Waals surface area contributed by atoms with Crippen LogP contribution in [0.15, 0.2) is 47.6 Å². The van der Waals surface area contributed by atoms with E-state index in [1.54, 1.807) is 13.3 Å². The number of pyridine rings is 1. The molecule has 1 fully saturated rings. The average molecular weight is 383 g/mol. The van der Waals surface area contributed by atoms with Gasteiger partial charge in [-0.25, -0.2) is 0 Å². The van der Waals surface area contributed by atoms with Crippen LogP contribution in [0.1, 0.15) is 29.7 Å². The van der Waals surface area contributed by atoms with Crippen molar-refractivity contribution in [2.75, 3.05) is 33.4 Å². The van der Waals surface area contributed by atoms with Crippen molar-refractivity contribution in [1.29, 1.82) is 0 Å². The smallest absolute Gasteiger partial charge is 0.188 e. The van der Waals surface area contributed by atoms with Crippen molar-refractivity contribution in [2.45, 2.75) is 31.6 Å². The molecule has 150 valence electrons. The third kappa shape index (κ3) is 5.01. The van der Waals surface area contributed by atoms with E-state index in [1.165, 1.54) is 11.1 Å². The van der Waals surface area contributed by atoms with Gasteiger partial charge in [0.15, 0.2) is 5.96 Å². The minimum atomic E-state index is -0.122. The number of aliphatic imine (C=N–C) groups is 1. The summed E-state index contributed by atoms with van der Waals surface area (Å²) in [6.07, 6.45) is 4.41. The maximum atomic E-state index is 6.15. The SMILES string of the molecule is COc1ccc(C)cc1C1(CN=C(N)NCCc2ccccn2)CCOCC1. The van der Waals surface area contributed by atoms with Crippen LogP contribution >= 0.6 is 0 Å². The van der Waals surface area contributed by atoms with E-state index in [4.69, 9.17) is 15.2 Å². The number of benzene rings is 1. The Bertz CT molecular complexity index is 786. The number of hydrogen-bond donors (Lipinski definition) is 2. The predicted octanol–water partition coefficient (Wildman–Crippen LogP) is 2.59. The van der Waals surface area contributed by atoms with Crippen LogP contribution in [0, 0.1) is 6.92 Å². The standard InChI is InChI=1S/C22H30N4O2/c1-17-6-7-20(27-2)19(15-17)22(9-13-28-14-10-22)16-26-21(23)25-12-8-18-5-3-4-11-24-18/h3-7,11,15H,8-10,12-14,16H2,1-2H3,(H3,23,25,26). The molecular formula is C22H30N4O2. The number of ether oxygens (including phenoxy) is 2. The maximum absolute atomic E-state index is 6.15. The number of methoxy groups -OCH3 is 1. The zero-order valence-corrected chi connectivity index (χ0v) is 16.8. The molecule has 0 unspecified atom stereocenters. The topological polar surface area (TPSA) is 81.8 Å². The highest BCUT2D eigenvalue weighted by molar-refractivity contribution is 5.77. The summed E-state index contributed by atoms with van der Waals surface area (Å²) in [6.45, 7) is 4.86. The largest absolute Gasteiger partial charge is 0.496 e. The van der Waals surface area contributed by atoms with E-state index >= 15 is 0 Å². The van der Waals surface area contributed by atoms with Gasteiger partial charge in [-0.1, -0.05) is 23.8 Å².